The van der Waals surface area contributed by atoms with Crippen LogP contribution in [0.3, 0.4) is 0 Å². The molecule has 0 fully saturated rings. The Kier molecular flexibility index (Phi) is 4.55. The third kappa shape index (κ3) is 3.39. The van der Waals surface area contributed by atoms with E-state index < -0.39 is 28.5 Å². The van der Waals surface area contributed by atoms with Crippen LogP contribution in [0.25, 0.3) is 0 Å². The van der Waals surface area contributed by atoms with Gasteiger partial charge in [-0.25, -0.2) is 9.18 Å². The molecule has 98 valence electrons. The van der Waals surface area contributed by atoms with E-state index >= 15 is 0 Å². The third-order valence-electron chi connectivity index (χ3n) is 1.99. The largest absolute Gasteiger partial charge is 0.478 e. The second-order valence-corrected chi connectivity index (χ2v) is 3.27. The van der Waals surface area contributed by atoms with E-state index in [1.54, 1.807) is 0 Å². The van der Waals surface area contributed by atoms with Crippen molar-refractivity contribution in [3.05, 3.63) is 34.1 Å². The third-order valence-corrected chi connectivity index (χ3v) is 1.99. The number of benzene rings is 1. The van der Waals surface area contributed by atoms with Gasteiger partial charge in [-0.3, -0.25) is 10.1 Å². The summed E-state index contributed by atoms with van der Waals surface area (Å²) in [5.41, 5.74) is -0.446. The number of hydrogen-bond donors (Lipinski definition) is 1. The van der Waals surface area contributed by atoms with E-state index in [2.05, 4.69) is 4.74 Å². The molecular weight excluding hydrogens is 249 g/mol. The molecule has 0 bridgehead atoms. The predicted octanol–water partition coefficient (Wildman–Crippen LogP) is 1.21. The van der Waals surface area contributed by atoms with Crippen LogP contribution in [-0.2, 0) is 9.53 Å². The number of nitrogens with zero attached hydrogens (tertiary/aromatic N) is 1. The van der Waals surface area contributed by atoms with Crippen LogP contribution in [0.5, 0.6) is 5.75 Å². The lowest BCUT2D eigenvalue weighted by Crippen LogP contribution is -2.31. The van der Waals surface area contributed by atoms with Crippen molar-refractivity contribution in [2.75, 3.05) is 13.7 Å². The van der Waals surface area contributed by atoms with Crippen molar-refractivity contribution in [3.8, 4) is 5.75 Å². The Labute approximate surface area is 101 Å². The van der Waals surface area contributed by atoms with Gasteiger partial charge in [0, 0.05) is 13.2 Å². The first kappa shape index (κ1) is 13.8. The Hall–Kier alpha value is -2.22. The highest BCUT2D eigenvalue weighted by molar-refractivity contribution is 5.73. The summed E-state index contributed by atoms with van der Waals surface area (Å²) in [7, 11) is 1.27. The molecule has 0 aliphatic carbocycles. The van der Waals surface area contributed by atoms with Gasteiger partial charge in [0.2, 0.25) is 6.10 Å². The number of halogens is 1. The monoisotopic (exact) mass is 259 g/mol. The normalized spacial score (nSPS) is 11.9. The zero-order valence-electron chi connectivity index (χ0n) is 9.33. The molecule has 0 heterocycles. The number of non-ortho nitro benzene ring substituents is 1. The average molecular weight is 259 g/mol. The molecule has 1 unspecified atom stereocenters. The second-order valence-electron chi connectivity index (χ2n) is 3.27. The first-order valence-corrected chi connectivity index (χ1v) is 4.78. The molecule has 8 heteroatoms. The molecule has 0 radical (unpaired) electrons. The van der Waals surface area contributed by atoms with Crippen LogP contribution >= 0.6 is 0 Å². The average Bonchev–Trinajstić information content (AvgIpc) is 2.30. The molecule has 0 amide bonds. The van der Waals surface area contributed by atoms with Crippen LogP contribution in [0.1, 0.15) is 0 Å². The van der Waals surface area contributed by atoms with E-state index in [1.165, 1.54) is 7.11 Å². The highest BCUT2D eigenvalue weighted by atomic mass is 19.1. The molecule has 1 aromatic rings. The Bertz CT molecular complexity index is 464. The molecule has 1 atom stereocenters. The molecule has 1 aromatic carbocycles. The topological polar surface area (TPSA) is 98.9 Å². The number of methoxy groups -OCH3 is 1. The molecule has 0 saturated carbocycles. The Morgan fingerprint density at radius 1 is 1.61 bits per heavy atom. The highest BCUT2D eigenvalue weighted by Gasteiger charge is 2.21. The second kappa shape index (κ2) is 5.92. The van der Waals surface area contributed by atoms with Gasteiger partial charge in [-0.05, 0) is 6.07 Å². The van der Waals surface area contributed by atoms with Crippen molar-refractivity contribution in [2.24, 2.45) is 0 Å². The molecule has 7 nitrogen and oxygen atoms in total. The lowest BCUT2D eigenvalue weighted by Gasteiger charge is -2.14. The van der Waals surface area contributed by atoms with E-state index in [-0.39, 0.29) is 12.4 Å². The fraction of sp³-hybridized carbons (Fsp3) is 0.300. The van der Waals surface area contributed by atoms with Crippen LogP contribution in [0, 0.1) is 15.9 Å². The summed E-state index contributed by atoms with van der Waals surface area (Å²) in [6.07, 6.45) is -1.38. The lowest BCUT2D eigenvalue weighted by molar-refractivity contribution is -0.385. The molecule has 0 saturated heterocycles. The van der Waals surface area contributed by atoms with Crippen molar-refractivity contribution >= 4 is 11.7 Å². The van der Waals surface area contributed by atoms with Crippen molar-refractivity contribution in [2.45, 2.75) is 6.10 Å². The maximum absolute atomic E-state index is 13.4. The maximum atomic E-state index is 13.4. The number of rotatable bonds is 6. The number of carboxylic acid groups (broad SMARTS) is 1. The minimum Gasteiger partial charge on any atom is -0.478 e. The lowest BCUT2D eigenvalue weighted by atomic mass is 10.3. The summed E-state index contributed by atoms with van der Waals surface area (Å²) in [6, 6.07) is 2.67. The number of nitro benzene ring substituents is 1. The number of ether oxygens (including phenoxy) is 2. The molecule has 0 aliphatic heterocycles. The van der Waals surface area contributed by atoms with Crippen molar-refractivity contribution in [1.82, 2.24) is 0 Å². The summed E-state index contributed by atoms with van der Waals surface area (Å²) in [5.74, 6) is -2.72. The van der Waals surface area contributed by atoms with Gasteiger partial charge in [-0.1, -0.05) is 0 Å². The zero-order chi connectivity index (χ0) is 13.7. The summed E-state index contributed by atoms with van der Waals surface area (Å²) >= 11 is 0. The molecule has 0 aliphatic rings. The highest BCUT2D eigenvalue weighted by Crippen LogP contribution is 2.23. The molecule has 0 aromatic heterocycles. The molecule has 1 rings (SSSR count). The summed E-state index contributed by atoms with van der Waals surface area (Å²) in [6.45, 7) is -0.272. The van der Waals surface area contributed by atoms with Gasteiger partial charge >= 0.3 is 5.97 Å². The van der Waals surface area contributed by atoms with Crippen LogP contribution in [0.2, 0.25) is 0 Å². The van der Waals surface area contributed by atoms with Gasteiger partial charge in [0.05, 0.1) is 17.6 Å². The number of carbonyl (C=O) groups is 1. The minimum absolute atomic E-state index is 0.272. The summed E-state index contributed by atoms with van der Waals surface area (Å²) < 4.78 is 22.9. The summed E-state index contributed by atoms with van der Waals surface area (Å²) in [4.78, 5) is 20.4. The quantitative estimate of drug-likeness (QED) is 0.609. The maximum Gasteiger partial charge on any atom is 0.347 e. The standard InChI is InChI=1S/C10H10FNO6/c1-17-5-9(10(13)14)18-8-3-2-6(12(15)16)4-7(8)11/h2-4,9H,5H2,1H3,(H,13,14). The first-order chi connectivity index (χ1) is 8.45. The summed E-state index contributed by atoms with van der Waals surface area (Å²) in [5, 5.41) is 19.1. The molecule has 18 heavy (non-hydrogen) atoms. The van der Waals surface area contributed by atoms with Gasteiger partial charge in [0.1, 0.15) is 0 Å². The van der Waals surface area contributed by atoms with E-state index in [1.807, 2.05) is 0 Å². The van der Waals surface area contributed by atoms with Crippen molar-refractivity contribution in [1.29, 1.82) is 0 Å². The number of nitro groups is 1. The minimum atomic E-state index is -1.38. The van der Waals surface area contributed by atoms with Gasteiger partial charge in [0.25, 0.3) is 5.69 Å². The van der Waals surface area contributed by atoms with Gasteiger partial charge in [-0.2, -0.15) is 0 Å². The first-order valence-electron chi connectivity index (χ1n) is 4.78. The van der Waals surface area contributed by atoms with Gasteiger partial charge < -0.3 is 14.6 Å². The van der Waals surface area contributed by atoms with E-state index in [4.69, 9.17) is 9.84 Å². The van der Waals surface area contributed by atoms with E-state index in [9.17, 15) is 19.3 Å². The smallest absolute Gasteiger partial charge is 0.347 e. The predicted molar refractivity (Wildman–Crippen MR) is 57.0 cm³/mol. The number of aliphatic carboxylic acids is 1. The Morgan fingerprint density at radius 3 is 2.72 bits per heavy atom. The molecule has 0 spiro atoms. The Balaban J connectivity index is 2.90. The van der Waals surface area contributed by atoms with Gasteiger partial charge in [0.15, 0.2) is 11.6 Å². The van der Waals surface area contributed by atoms with E-state index in [0.29, 0.717) is 6.07 Å². The van der Waals surface area contributed by atoms with Crippen LogP contribution in [0.15, 0.2) is 18.2 Å². The van der Waals surface area contributed by atoms with Gasteiger partial charge in [-0.15, -0.1) is 0 Å². The SMILES string of the molecule is COCC(Oc1ccc([N+](=O)[O-])cc1F)C(=O)O. The zero-order valence-corrected chi connectivity index (χ0v) is 9.33. The fourth-order valence-electron chi connectivity index (χ4n) is 1.16. The number of carboxylic acids is 1. The van der Waals surface area contributed by atoms with E-state index in [0.717, 1.165) is 12.1 Å². The Morgan fingerprint density at radius 2 is 2.28 bits per heavy atom. The van der Waals surface area contributed by atoms with Crippen molar-refractivity contribution in [3.63, 3.8) is 0 Å². The van der Waals surface area contributed by atoms with Crippen LogP contribution in [-0.4, -0.2) is 35.8 Å². The number of hydrogen-bond acceptors (Lipinski definition) is 5. The van der Waals surface area contributed by atoms with Crippen LogP contribution in [0.4, 0.5) is 10.1 Å². The van der Waals surface area contributed by atoms with Crippen LogP contribution < -0.4 is 4.74 Å². The molecular formula is C10H10FNO6. The fourth-order valence-corrected chi connectivity index (χ4v) is 1.16. The molecule has 1 N–H and O–H groups in total. The van der Waals surface area contributed by atoms with Crippen molar-refractivity contribution < 1.29 is 28.7 Å².